The lowest BCUT2D eigenvalue weighted by Gasteiger charge is -2.12. The molecule has 1 amide bonds. The van der Waals surface area contributed by atoms with Crippen molar-refractivity contribution >= 4 is 21.9 Å². The molecule has 0 bridgehead atoms. The molecule has 0 atom stereocenters. The van der Waals surface area contributed by atoms with Gasteiger partial charge >= 0.3 is 0 Å². The molecule has 0 aliphatic carbocycles. The molecule has 1 heterocycles. The first-order chi connectivity index (χ1) is 16.4. The molecule has 2 N–H and O–H groups in total. The highest BCUT2D eigenvalue weighted by Crippen LogP contribution is 2.27. The monoisotopic (exact) mass is 474 g/mol. The van der Waals surface area contributed by atoms with Gasteiger partial charge in [-0.2, -0.15) is 4.98 Å². The zero-order valence-corrected chi connectivity index (χ0v) is 19.1. The number of nitrogens with zero attached hydrogens (tertiary/aromatic N) is 2. The predicted octanol–water partition coefficient (Wildman–Crippen LogP) is 4.37. The van der Waals surface area contributed by atoms with Crippen LogP contribution in [0.5, 0.6) is 11.6 Å². The molecular formula is C25H22N4O4S. The van der Waals surface area contributed by atoms with Crippen LogP contribution >= 0.6 is 0 Å². The van der Waals surface area contributed by atoms with Crippen molar-refractivity contribution in [1.82, 2.24) is 15.3 Å². The van der Waals surface area contributed by atoms with Crippen molar-refractivity contribution in [3.8, 4) is 22.9 Å². The molecule has 0 saturated heterocycles. The molecule has 0 aliphatic heterocycles. The second-order valence-electron chi connectivity index (χ2n) is 7.36. The van der Waals surface area contributed by atoms with Crippen LogP contribution < -0.4 is 14.8 Å². The topological polar surface area (TPSA) is 110 Å². The summed E-state index contributed by atoms with van der Waals surface area (Å²) in [6, 6.07) is 26.1. The summed E-state index contributed by atoms with van der Waals surface area (Å²) in [5, 5.41) is 2.75. The van der Waals surface area contributed by atoms with E-state index in [1.54, 1.807) is 36.4 Å². The van der Waals surface area contributed by atoms with E-state index in [1.165, 1.54) is 19.1 Å². The number of hydrogen-bond acceptors (Lipinski definition) is 6. The van der Waals surface area contributed by atoms with Crippen LogP contribution in [0.1, 0.15) is 12.5 Å². The molecule has 0 unspecified atom stereocenters. The number of hydrogen-bond donors (Lipinski definition) is 2. The Balaban J connectivity index is 1.68. The highest BCUT2D eigenvalue weighted by Gasteiger charge is 2.17. The summed E-state index contributed by atoms with van der Waals surface area (Å²) in [4.78, 5) is 19.9. The van der Waals surface area contributed by atoms with Crippen LogP contribution in [0.25, 0.3) is 11.3 Å². The first-order valence-corrected chi connectivity index (χ1v) is 11.9. The molecule has 0 spiro atoms. The van der Waals surface area contributed by atoms with Gasteiger partial charge in [0.1, 0.15) is 5.75 Å². The minimum atomic E-state index is -3.89. The van der Waals surface area contributed by atoms with Gasteiger partial charge in [0.2, 0.25) is 17.7 Å². The fraction of sp³-hybridized carbons (Fsp3) is 0.0800. The maximum Gasteiger partial charge on any atom is 0.264 e. The minimum absolute atomic E-state index is 0.0943. The van der Waals surface area contributed by atoms with E-state index in [4.69, 9.17) is 4.74 Å². The molecule has 0 saturated carbocycles. The summed E-state index contributed by atoms with van der Waals surface area (Å²) < 4.78 is 33.9. The number of rotatable bonds is 8. The molecule has 34 heavy (non-hydrogen) atoms. The van der Waals surface area contributed by atoms with Gasteiger partial charge in [0, 0.05) is 25.1 Å². The Kier molecular flexibility index (Phi) is 6.84. The Morgan fingerprint density at radius 1 is 0.882 bits per heavy atom. The highest BCUT2D eigenvalue weighted by molar-refractivity contribution is 7.92. The van der Waals surface area contributed by atoms with Gasteiger partial charge in [-0.15, -0.1) is 0 Å². The van der Waals surface area contributed by atoms with E-state index in [0.717, 1.165) is 11.1 Å². The Labute approximate surface area is 197 Å². The van der Waals surface area contributed by atoms with Crippen LogP contribution in [0.3, 0.4) is 0 Å². The van der Waals surface area contributed by atoms with Gasteiger partial charge in [-0.05, 0) is 29.8 Å². The Morgan fingerprint density at radius 3 is 2.18 bits per heavy atom. The maximum atomic E-state index is 12.8. The summed E-state index contributed by atoms with van der Waals surface area (Å²) in [6.07, 6.45) is 0. The number of para-hydroxylation sites is 1. The first-order valence-electron chi connectivity index (χ1n) is 10.4. The van der Waals surface area contributed by atoms with E-state index in [1.807, 2.05) is 42.5 Å². The van der Waals surface area contributed by atoms with Crippen molar-refractivity contribution in [1.29, 1.82) is 0 Å². The van der Waals surface area contributed by atoms with Crippen molar-refractivity contribution in [2.24, 2.45) is 0 Å². The number of aromatic nitrogens is 2. The third-order valence-electron chi connectivity index (χ3n) is 4.74. The van der Waals surface area contributed by atoms with E-state index in [0.29, 0.717) is 18.0 Å². The number of carbonyl (C=O) groups is 1. The molecule has 1 aromatic heterocycles. The van der Waals surface area contributed by atoms with Gasteiger partial charge in [-0.1, -0.05) is 60.7 Å². The molecule has 3 aromatic carbocycles. The Hall–Kier alpha value is -4.24. The molecule has 4 aromatic rings. The Morgan fingerprint density at radius 2 is 1.53 bits per heavy atom. The van der Waals surface area contributed by atoms with Crippen molar-refractivity contribution in [2.75, 3.05) is 4.72 Å². The molecule has 0 radical (unpaired) electrons. The number of ether oxygens (including phenoxy) is 1. The van der Waals surface area contributed by atoms with Gasteiger partial charge in [-0.3, -0.25) is 4.79 Å². The fourth-order valence-corrected chi connectivity index (χ4v) is 4.04. The third kappa shape index (κ3) is 5.96. The smallest absolute Gasteiger partial charge is 0.264 e. The summed E-state index contributed by atoms with van der Waals surface area (Å²) in [5.74, 6) is 0.506. The zero-order chi connectivity index (χ0) is 24.0. The van der Waals surface area contributed by atoms with E-state index >= 15 is 0 Å². The summed E-state index contributed by atoms with van der Waals surface area (Å²) in [5.41, 5.74) is 2.11. The number of benzene rings is 3. The lowest BCUT2D eigenvalue weighted by molar-refractivity contribution is -0.119. The second kappa shape index (κ2) is 10.1. The largest absolute Gasteiger partial charge is 0.439 e. The molecular weight excluding hydrogens is 452 g/mol. The first kappa shape index (κ1) is 22.9. The maximum absolute atomic E-state index is 12.8. The normalized spacial score (nSPS) is 11.0. The molecule has 9 heteroatoms. The van der Waals surface area contributed by atoms with E-state index < -0.39 is 10.0 Å². The van der Waals surface area contributed by atoms with E-state index in [-0.39, 0.29) is 22.6 Å². The summed E-state index contributed by atoms with van der Waals surface area (Å²) in [6.45, 7) is 1.87. The quantitative estimate of drug-likeness (QED) is 0.392. The van der Waals surface area contributed by atoms with Crippen LogP contribution in [-0.4, -0.2) is 24.3 Å². The number of nitrogens with one attached hydrogen (secondary N) is 2. The average molecular weight is 475 g/mol. The van der Waals surface area contributed by atoms with Crippen LogP contribution in [0, 0.1) is 0 Å². The molecule has 8 nitrogen and oxygen atoms in total. The zero-order valence-electron chi connectivity index (χ0n) is 18.3. The van der Waals surface area contributed by atoms with E-state index in [9.17, 15) is 13.2 Å². The fourth-order valence-electron chi connectivity index (χ4n) is 3.08. The third-order valence-corrected chi connectivity index (χ3v) is 6.08. The van der Waals surface area contributed by atoms with Crippen LogP contribution in [0.4, 0.5) is 5.95 Å². The van der Waals surface area contributed by atoms with Gasteiger partial charge in [0.15, 0.2) is 0 Å². The SMILES string of the molecule is CC(=O)NCc1ccc(-c2cc(Oc3ccccc3)nc(NS(=O)(=O)c3ccccc3)n2)cc1. The lowest BCUT2D eigenvalue weighted by Crippen LogP contribution is -2.18. The minimum Gasteiger partial charge on any atom is -0.439 e. The van der Waals surface area contributed by atoms with E-state index in [2.05, 4.69) is 20.0 Å². The standard InChI is InChI=1S/C25H22N4O4S/c1-18(30)26-17-19-12-14-20(15-13-19)23-16-24(33-21-8-4-2-5-9-21)28-25(27-23)29-34(31,32)22-10-6-3-7-11-22/h2-16H,17H2,1H3,(H,26,30)(H,27,28,29). The van der Waals surface area contributed by atoms with Crippen molar-refractivity contribution in [3.05, 3.63) is 96.6 Å². The van der Waals surface area contributed by atoms with Gasteiger partial charge < -0.3 is 10.1 Å². The van der Waals surface area contributed by atoms with Crippen molar-refractivity contribution < 1.29 is 17.9 Å². The second-order valence-corrected chi connectivity index (χ2v) is 9.04. The van der Waals surface area contributed by atoms with Crippen LogP contribution in [0.15, 0.2) is 95.9 Å². The number of sulfonamides is 1. The summed E-state index contributed by atoms with van der Waals surface area (Å²) in [7, 11) is -3.89. The van der Waals surface area contributed by atoms with Crippen LogP contribution in [-0.2, 0) is 21.4 Å². The Bertz CT molecular complexity index is 1380. The summed E-state index contributed by atoms with van der Waals surface area (Å²) >= 11 is 0. The lowest BCUT2D eigenvalue weighted by atomic mass is 10.1. The number of amides is 1. The van der Waals surface area contributed by atoms with Crippen molar-refractivity contribution in [3.63, 3.8) is 0 Å². The average Bonchev–Trinajstić information content (AvgIpc) is 2.84. The molecule has 4 rings (SSSR count). The van der Waals surface area contributed by atoms with Crippen molar-refractivity contribution in [2.45, 2.75) is 18.4 Å². The molecule has 0 aliphatic rings. The van der Waals surface area contributed by atoms with Gasteiger partial charge in [0.05, 0.1) is 10.6 Å². The molecule has 172 valence electrons. The predicted molar refractivity (Wildman–Crippen MR) is 129 cm³/mol. The molecule has 0 fully saturated rings. The van der Waals surface area contributed by atoms with Crippen LogP contribution in [0.2, 0.25) is 0 Å². The van der Waals surface area contributed by atoms with Gasteiger partial charge in [-0.25, -0.2) is 18.1 Å². The number of anilines is 1. The highest BCUT2D eigenvalue weighted by atomic mass is 32.2. The van der Waals surface area contributed by atoms with Gasteiger partial charge in [0.25, 0.3) is 10.0 Å². The number of carbonyl (C=O) groups excluding carboxylic acids is 1.